The molecule has 0 bridgehead atoms. The molecule has 0 amide bonds. The predicted molar refractivity (Wildman–Crippen MR) is 117 cm³/mol. The minimum atomic E-state index is -0.935. The van der Waals surface area contributed by atoms with Gasteiger partial charge in [-0.1, -0.05) is 41.5 Å². The van der Waals surface area contributed by atoms with Gasteiger partial charge in [0.2, 0.25) is 6.17 Å². The lowest BCUT2D eigenvalue weighted by molar-refractivity contribution is -0.142. The van der Waals surface area contributed by atoms with Crippen molar-refractivity contribution in [1.29, 1.82) is 0 Å². The van der Waals surface area contributed by atoms with E-state index >= 15 is 0 Å². The molecular formula is C24H36N4O2. The van der Waals surface area contributed by atoms with Crippen molar-refractivity contribution in [2.45, 2.75) is 97.1 Å². The van der Waals surface area contributed by atoms with Gasteiger partial charge in [-0.05, 0) is 60.5 Å². The number of nitrogens with zero attached hydrogens (tertiary/aromatic N) is 4. The molecule has 0 aliphatic heterocycles. The molecule has 2 aromatic rings. The summed E-state index contributed by atoms with van der Waals surface area (Å²) in [5, 5.41) is 19.7. The van der Waals surface area contributed by atoms with E-state index in [1.807, 2.05) is 12.4 Å². The summed E-state index contributed by atoms with van der Waals surface area (Å²) in [5.74, 6) is 1.46. The van der Waals surface area contributed by atoms with Crippen LogP contribution in [-0.2, 0) is 4.79 Å². The van der Waals surface area contributed by atoms with E-state index in [1.54, 1.807) is 9.36 Å². The van der Waals surface area contributed by atoms with Crippen LogP contribution in [-0.4, -0.2) is 30.6 Å². The molecule has 30 heavy (non-hydrogen) atoms. The third-order valence-electron chi connectivity index (χ3n) is 7.61. The van der Waals surface area contributed by atoms with Crippen LogP contribution in [0.2, 0.25) is 0 Å². The van der Waals surface area contributed by atoms with Crippen molar-refractivity contribution in [3.63, 3.8) is 0 Å². The van der Waals surface area contributed by atoms with E-state index in [0.717, 1.165) is 37.1 Å². The number of hydrogen-bond acceptors (Lipinski definition) is 3. The maximum atomic E-state index is 12.7. The highest BCUT2D eigenvalue weighted by atomic mass is 16.4. The monoisotopic (exact) mass is 412 g/mol. The summed E-state index contributed by atoms with van der Waals surface area (Å²) < 4.78 is 3.56. The van der Waals surface area contributed by atoms with Crippen LogP contribution in [0.4, 0.5) is 0 Å². The van der Waals surface area contributed by atoms with E-state index in [2.05, 4.69) is 51.7 Å². The zero-order chi connectivity index (χ0) is 21.7. The van der Waals surface area contributed by atoms with Crippen LogP contribution in [0.1, 0.15) is 120 Å². The molecule has 2 heterocycles. The number of fused-ring (bicyclic) bond motifs is 2. The lowest BCUT2D eigenvalue weighted by Gasteiger charge is -2.34. The van der Waals surface area contributed by atoms with Gasteiger partial charge < -0.3 is 5.11 Å². The van der Waals surface area contributed by atoms with Crippen molar-refractivity contribution >= 4 is 5.97 Å². The van der Waals surface area contributed by atoms with E-state index < -0.39 is 12.1 Å². The Bertz CT molecular complexity index is 858. The van der Waals surface area contributed by atoms with Crippen LogP contribution in [0.3, 0.4) is 0 Å². The number of hydrogen-bond donors (Lipinski definition) is 1. The second kappa shape index (κ2) is 7.86. The second-order valence-corrected chi connectivity index (χ2v) is 10.2. The fourth-order valence-corrected chi connectivity index (χ4v) is 5.74. The van der Waals surface area contributed by atoms with E-state index in [1.165, 1.54) is 11.1 Å². The predicted octanol–water partition coefficient (Wildman–Crippen LogP) is 5.48. The number of rotatable bonds is 5. The molecule has 0 saturated carbocycles. The topological polar surface area (TPSA) is 72.9 Å². The Labute approximate surface area is 179 Å². The number of aromatic nitrogens is 4. The maximum Gasteiger partial charge on any atom is 0.351 e. The summed E-state index contributed by atoms with van der Waals surface area (Å²) in [6.45, 7) is 13.4. The zero-order valence-corrected chi connectivity index (χ0v) is 19.2. The van der Waals surface area contributed by atoms with E-state index in [0.29, 0.717) is 35.5 Å². The second-order valence-electron chi connectivity index (χ2n) is 10.2. The van der Waals surface area contributed by atoms with Crippen molar-refractivity contribution in [3.05, 3.63) is 34.9 Å². The zero-order valence-electron chi connectivity index (χ0n) is 19.2. The number of carboxylic acids is 1. The van der Waals surface area contributed by atoms with Gasteiger partial charge in [-0.15, -0.1) is 0 Å². The third kappa shape index (κ3) is 3.28. The quantitative estimate of drug-likeness (QED) is 0.705. The van der Waals surface area contributed by atoms with Crippen LogP contribution < -0.4 is 0 Å². The highest BCUT2D eigenvalue weighted by molar-refractivity contribution is 5.72. The molecule has 4 rings (SSSR count). The molecule has 2 aliphatic rings. The van der Waals surface area contributed by atoms with Crippen molar-refractivity contribution < 1.29 is 9.90 Å². The Morgan fingerprint density at radius 3 is 1.60 bits per heavy atom. The molecule has 0 aromatic carbocycles. The highest BCUT2D eigenvalue weighted by Crippen LogP contribution is 2.45. The van der Waals surface area contributed by atoms with Crippen molar-refractivity contribution in [2.75, 3.05) is 0 Å². The molecule has 164 valence electrons. The van der Waals surface area contributed by atoms with Gasteiger partial charge in [-0.2, -0.15) is 10.2 Å². The van der Waals surface area contributed by atoms with Crippen LogP contribution in [0.5, 0.6) is 0 Å². The Balaban J connectivity index is 1.89. The molecule has 6 nitrogen and oxygen atoms in total. The average molecular weight is 413 g/mol. The average Bonchev–Trinajstić information content (AvgIpc) is 3.29. The molecule has 0 fully saturated rings. The van der Waals surface area contributed by atoms with Crippen molar-refractivity contribution in [1.82, 2.24) is 19.6 Å². The van der Waals surface area contributed by atoms with Crippen LogP contribution >= 0.6 is 0 Å². The molecule has 0 unspecified atom stereocenters. The van der Waals surface area contributed by atoms with Gasteiger partial charge in [-0.3, -0.25) is 0 Å². The fourth-order valence-electron chi connectivity index (χ4n) is 5.74. The standard InChI is InChI=1S/C24H36N4O2/c1-13(2)17-9-7-15(5)19-11-25-27(21(17)19)23(24(29)30)28-22-18(14(3)4)10-8-16(6)20(22)12-26-28/h11-18,23H,7-10H2,1-6H3,(H,29,30)/t15-,16-,17-,18-/m1/s1. The first-order valence-corrected chi connectivity index (χ1v) is 11.6. The first kappa shape index (κ1) is 21.1. The van der Waals surface area contributed by atoms with Gasteiger partial charge in [0.25, 0.3) is 0 Å². The van der Waals surface area contributed by atoms with E-state index in [4.69, 9.17) is 0 Å². The summed E-state index contributed by atoms with van der Waals surface area (Å²) in [6, 6.07) is 0. The molecular weight excluding hydrogens is 376 g/mol. The Kier molecular flexibility index (Phi) is 5.54. The van der Waals surface area contributed by atoms with Crippen LogP contribution in [0.15, 0.2) is 12.4 Å². The number of aliphatic carboxylic acids is 1. The van der Waals surface area contributed by atoms with Gasteiger partial charge >= 0.3 is 5.97 Å². The fraction of sp³-hybridized carbons (Fsp3) is 0.708. The molecule has 1 N–H and O–H groups in total. The lowest BCUT2D eigenvalue weighted by Crippen LogP contribution is -2.34. The minimum absolute atomic E-state index is 0.326. The Morgan fingerprint density at radius 1 is 0.867 bits per heavy atom. The van der Waals surface area contributed by atoms with Gasteiger partial charge in [0.15, 0.2) is 0 Å². The van der Waals surface area contributed by atoms with Gasteiger partial charge in [0.1, 0.15) is 0 Å². The summed E-state index contributed by atoms with van der Waals surface area (Å²) in [7, 11) is 0. The summed E-state index contributed by atoms with van der Waals surface area (Å²) >= 11 is 0. The summed E-state index contributed by atoms with van der Waals surface area (Å²) in [4.78, 5) is 12.7. The van der Waals surface area contributed by atoms with E-state index in [9.17, 15) is 9.90 Å². The molecule has 4 atom stereocenters. The molecule has 2 aliphatic carbocycles. The summed E-state index contributed by atoms with van der Waals surface area (Å²) in [6.07, 6.45) is 7.29. The van der Waals surface area contributed by atoms with Crippen LogP contribution in [0.25, 0.3) is 0 Å². The van der Waals surface area contributed by atoms with Gasteiger partial charge in [-0.25, -0.2) is 14.2 Å². The normalized spacial score (nSPS) is 26.3. The molecule has 0 saturated heterocycles. The summed E-state index contributed by atoms with van der Waals surface area (Å²) in [5.41, 5.74) is 4.62. The van der Waals surface area contributed by atoms with E-state index in [-0.39, 0.29) is 0 Å². The first-order valence-electron chi connectivity index (χ1n) is 11.6. The van der Waals surface area contributed by atoms with Gasteiger partial charge in [0, 0.05) is 23.2 Å². The van der Waals surface area contributed by atoms with Crippen molar-refractivity contribution in [3.8, 4) is 0 Å². The van der Waals surface area contributed by atoms with Crippen molar-refractivity contribution in [2.24, 2.45) is 11.8 Å². The molecule has 6 heteroatoms. The highest BCUT2D eigenvalue weighted by Gasteiger charge is 2.39. The number of carbonyl (C=O) groups is 1. The Hall–Kier alpha value is -2.11. The number of carboxylic acid groups (broad SMARTS) is 1. The Morgan fingerprint density at radius 2 is 1.27 bits per heavy atom. The molecule has 0 spiro atoms. The minimum Gasteiger partial charge on any atom is -0.478 e. The molecule has 0 radical (unpaired) electrons. The molecule has 2 aromatic heterocycles. The van der Waals surface area contributed by atoms with Gasteiger partial charge in [0.05, 0.1) is 12.4 Å². The SMILES string of the molecule is CC(C)[C@H]1CC[C@@H](C)c2cnn(C(C(=O)O)n3ncc4c3[C@@H](C(C)C)CC[C@H]4C)c21. The van der Waals surface area contributed by atoms with Crippen LogP contribution in [0, 0.1) is 11.8 Å². The third-order valence-corrected chi connectivity index (χ3v) is 7.61. The maximum absolute atomic E-state index is 12.7. The smallest absolute Gasteiger partial charge is 0.351 e. The lowest BCUT2D eigenvalue weighted by atomic mass is 9.76. The first-order chi connectivity index (χ1) is 14.2. The largest absolute Gasteiger partial charge is 0.478 e.